The number of phenols is 1. The zero-order valence-corrected chi connectivity index (χ0v) is 14.9. The second-order valence-electron chi connectivity index (χ2n) is 6.04. The maximum atomic E-state index is 13.2. The number of rotatable bonds is 4. The van der Waals surface area contributed by atoms with E-state index in [1.54, 1.807) is 12.3 Å². The van der Waals surface area contributed by atoms with Gasteiger partial charge in [-0.05, 0) is 29.8 Å². The van der Waals surface area contributed by atoms with Crippen LogP contribution in [0, 0.1) is 5.82 Å². The van der Waals surface area contributed by atoms with Crippen LogP contribution in [0.4, 0.5) is 10.2 Å². The van der Waals surface area contributed by atoms with Crippen LogP contribution in [-0.2, 0) is 0 Å². The second-order valence-corrected chi connectivity index (χ2v) is 6.45. The van der Waals surface area contributed by atoms with E-state index in [4.69, 9.17) is 11.6 Å². The molecule has 2 aromatic carbocycles. The number of hydrogen-bond acceptors (Lipinski definition) is 4. The van der Waals surface area contributed by atoms with E-state index in [0.717, 1.165) is 17.1 Å². The van der Waals surface area contributed by atoms with Crippen LogP contribution in [0.15, 0.2) is 73.1 Å². The van der Waals surface area contributed by atoms with Gasteiger partial charge < -0.3 is 10.4 Å². The van der Waals surface area contributed by atoms with Crippen LogP contribution >= 0.6 is 11.6 Å². The molecule has 0 fully saturated rings. The summed E-state index contributed by atoms with van der Waals surface area (Å²) in [7, 11) is 0. The predicted octanol–water partition coefficient (Wildman–Crippen LogP) is 5.33. The molecule has 134 valence electrons. The van der Waals surface area contributed by atoms with Gasteiger partial charge in [-0.15, -0.1) is 0 Å². The van der Waals surface area contributed by atoms with Gasteiger partial charge in [-0.1, -0.05) is 48.0 Å². The van der Waals surface area contributed by atoms with Gasteiger partial charge in [0, 0.05) is 22.2 Å². The van der Waals surface area contributed by atoms with Crippen molar-refractivity contribution in [3.8, 4) is 5.75 Å². The summed E-state index contributed by atoms with van der Waals surface area (Å²) in [6, 6.07) is 17.1. The van der Waals surface area contributed by atoms with Crippen LogP contribution in [0.1, 0.15) is 17.2 Å². The number of nitrogens with one attached hydrogen (secondary N) is 1. The van der Waals surface area contributed by atoms with Crippen LogP contribution < -0.4 is 5.32 Å². The van der Waals surface area contributed by atoms with E-state index in [9.17, 15) is 9.50 Å². The van der Waals surface area contributed by atoms with Crippen LogP contribution in [0.3, 0.4) is 0 Å². The molecule has 0 aliphatic heterocycles. The summed E-state index contributed by atoms with van der Waals surface area (Å²) in [5.41, 5.74) is 1.86. The Morgan fingerprint density at radius 2 is 1.78 bits per heavy atom. The molecule has 0 saturated heterocycles. The molecule has 4 aromatic rings. The third-order valence-electron chi connectivity index (χ3n) is 4.33. The Balaban J connectivity index is 1.86. The number of halogens is 2. The molecule has 2 N–H and O–H groups in total. The fourth-order valence-electron chi connectivity index (χ4n) is 3.02. The van der Waals surface area contributed by atoms with Gasteiger partial charge in [0.05, 0.1) is 12.2 Å². The number of pyridine rings is 2. The number of fused-ring (bicyclic) bond motifs is 1. The van der Waals surface area contributed by atoms with E-state index in [0.29, 0.717) is 21.9 Å². The molecule has 27 heavy (non-hydrogen) atoms. The summed E-state index contributed by atoms with van der Waals surface area (Å²) in [4.78, 5) is 8.35. The van der Waals surface area contributed by atoms with E-state index < -0.39 is 11.9 Å². The number of anilines is 1. The molecule has 6 heteroatoms. The molecule has 0 amide bonds. The molecule has 0 saturated carbocycles. The highest BCUT2D eigenvalue weighted by molar-refractivity contribution is 6.31. The van der Waals surface area contributed by atoms with Crippen molar-refractivity contribution in [2.24, 2.45) is 0 Å². The number of hydrogen-bond donors (Lipinski definition) is 2. The van der Waals surface area contributed by atoms with Crippen LogP contribution in [0.25, 0.3) is 10.9 Å². The van der Waals surface area contributed by atoms with E-state index in [-0.39, 0.29) is 5.75 Å². The number of nitrogens with zero attached hydrogens (tertiary/aromatic N) is 2. The van der Waals surface area contributed by atoms with Crippen LogP contribution in [0.2, 0.25) is 5.02 Å². The summed E-state index contributed by atoms with van der Waals surface area (Å²) in [5.74, 6) is 0.0991. The highest BCUT2D eigenvalue weighted by atomic mass is 35.5. The normalized spacial score (nSPS) is 12.1. The van der Waals surface area contributed by atoms with E-state index >= 15 is 0 Å². The second kappa shape index (κ2) is 7.21. The minimum absolute atomic E-state index is 0.0626. The Morgan fingerprint density at radius 1 is 0.926 bits per heavy atom. The van der Waals surface area contributed by atoms with Crippen molar-refractivity contribution in [2.45, 2.75) is 6.04 Å². The molecular weight excluding hydrogens is 365 g/mol. The van der Waals surface area contributed by atoms with Gasteiger partial charge in [0.25, 0.3) is 0 Å². The minimum atomic E-state index is -0.497. The number of benzene rings is 2. The predicted molar refractivity (Wildman–Crippen MR) is 105 cm³/mol. The lowest BCUT2D eigenvalue weighted by molar-refractivity contribution is 0.471. The smallest absolute Gasteiger partial charge is 0.147 e. The molecule has 0 spiro atoms. The molecule has 0 aliphatic carbocycles. The molecule has 2 heterocycles. The fourth-order valence-corrected chi connectivity index (χ4v) is 3.26. The van der Waals surface area contributed by atoms with E-state index in [1.165, 1.54) is 12.1 Å². The largest absolute Gasteiger partial charge is 0.505 e. The van der Waals surface area contributed by atoms with Crippen molar-refractivity contribution in [3.05, 3.63) is 95.0 Å². The van der Waals surface area contributed by atoms with Gasteiger partial charge in [-0.2, -0.15) is 0 Å². The van der Waals surface area contributed by atoms with Gasteiger partial charge >= 0.3 is 0 Å². The summed E-state index contributed by atoms with van der Waals surface area (Å²) in [6.07, 6.45) is 2.76. The lowest BCUT2D eigenvalue weighted by atomic mass is 9.96. The lowest BCUT2D eigenvalue weighted by Crippen LogP contribution is -2.14. The van der Waals surface area contributed by atoms with E-state index in [1.807, 2.05) is 42.5 Å². The third-order valence-corrected chi connectivity index (χ3v) is 4.67. The third kappa shape index (κ3) is 3.41. The maximum absolute atomic E-state index is 13.2. The summed E-state index contributed by atoms with van der Waals surface area (Å²) >= 11 is 6.41. The Labute approximate surface area is 160 Å². The van der Waals surface area contributed by atoms with Crippen molar-refractivity contribution in [1.29, 1.82) is 0 Å². The minimum Gasteiger partial charge on any atom is -0.505 e. The molecule has 4 rings (SSSR count). The number of phenolic OH excluding ortho intramolecular Hbond substituents is 1. The first kappa shape index (κ1) is 17.2. The Bertz CT molecular complexity index is 1100. The van der Waals surface area contributed by atoms with Gasteiger partial charge in [0.2, 0.25) is 0 Å². The molecule has 0 bridgehead atoms. The Morgan fingerprint density at radius 3 is 2.56 bits per heavy atom. The van der Waals surface area contributed by atoms with Crippen molar-refractivity contribution < 1.29 is 9.50 Å². The van der Waals surface area contributed by atoms with Crippen molar-refractivity contribution in [2.75, 3.05) is 5.32 Å². The van der Waals surface area contributed by atoms with Gasteiger partial charge in [0.1, 0.15) is 22.9 Å². The van der Waals surface area contributed by atoms with Crippen molar-refractivity contribution in [1.82, 2.24) is 9.97 Å². The first-order valence-corrected chi connectivity index (χ1v) is 8.70. The zero-order valence-electron chi connectivity index (χ0n) is 14.1. The Hall–Kier alpha value is -3.18. The monoisotopic (exact) mass is 379 g/mol. The fraction of sp³-hybridized carbons (Fsp3) is 0.0476. The molecule has 1 unspecified atom stereocenters. The maximum Gasteiger partial charge on any atom is 0.147 e. The highest BCUT2D eigenvalue weighted by Gasteiger charge is 2.22. The first-order valence-electron chi connectivity index (χ1n) is 8.32. The molecular formula is C21H15ClFN3O. The topological polar surface area (TPSA) is 58.0 Å². The SMILES string of the molecule is Oc1c(C(Nc2ccc(F)cn2)c2ccccc2Cl)ccc2cccnc12. The van der Waals surface area contributed by atoms with Gasteiger partial charge in [-0.25, -0.2) is 9.37 Å². The van der Waals surface area contributed by atoms with E-state index in [2.05, 4.69) is 15.3 Å². The molecule has 0 aliphatic rings. The first-order chi connectivity index (χ1) is 13.1. The van der Waals surface area contributed by atoms with Gasteiger partial charge in [-0.3, -0.25) is 4.98 Å². The average molecular weight is 380 g/mol. The van der Waals surface area contributed by atoms with Crippen molar-refractivity contribution >= 4 is 28.3 Å². The Kier molecular flexibility index (Phi) is 4.60. The molecule has 1 atom stereocenters. The summed E-state index contributed by atoms with van der Waals surface area (Å²) in [5, 5.41) is 15.5. The number of aromatic nitrogens is 2. The molecule has 2 aromatic heterocycles. The zero-order chi connectivity index (χ0) is 18.8. The highest BCUT2D eigenvalue weighted by Crippen LogP contribution is 2.38. The standard InChI is InChI=1S/C21H15ClFN3O/c22-17-6-2-1-5-15(17)20(26-18-10-8-14(23)12-25-18)16-9-7-13-4-3-11-24-19(13)21(16)27/h1-12,20,27H,(H,25,26). The summed E-state index contributed by atoms with van der Waals surface area (Å²) < 4.78 is 13.2. The lowest BCUT2D eigenvalue weighted by Gasteiger charge is -2.22. The molecule has 0 radical (unpaired) electrons. The van der Waals surface area contributed by atoms with Crippen molar-refractivity contribution in [3.63, 3.8) is 0 Å². The quantitative estimate of drug-likeness (QED) is 0.503. The van der Waals surface area contributed by atoms with Gasteiger partial charge in [0.15, 0.2) is 0 Å². The van der Waals surface area contributed by atoms with Crippen LogP contribution in [0.5, 0.6) is 5.75 Å². The van der Waals surface area contributed by atoms with Crippen LogP contribution in [-0.4, -0.2) is 15.1 Å². The summed E-state index contributed by atoms with van der Waals surface area (Å²) in [6.45, 7) is 0. The molecule has 4 nitrogen and oxygen atoms in total. The number of aromatic hydroxyl groups is 1. The average Bonchev–Trinajstić information content (AvgIpc) is 2.69.